The fourth-order valence-electron chi connectivity index (χ4n) is 2.52. The fraction of sp³-hybridized carbons (Fsp3) is 0.714. The summed E-state index contributed by atoms with van der Waals surface area (Å²) in [5.41, 5.74) is 0.851. The highest BCUT2D eigenvalue weighted by Gasteiger charge is 2.40. The number of allylic oxidation sites excluding steroid dienone is 3. The zero-order chi connectivity index (χ0) is 20.0. The Morgan fingerprint density at radius 1 is 1.31 bits per heavy atom. The summed E-state index contributed by atoms with van der Waals surface area (Å²) < 4.78 is 11.4. The SMILES string of the molecule is CC(C)OC(=O)CCC/C=C/CC1=CC(O[Si](C)(C)C(C)(C)C)CC1=O. The number of rotatable bonds is 9. The maximum atomic E-state index is 12.2. The summed E-state index contributed by atoms with van der Waals surface area (Å²) >= 11 is 0. The van der Waals surface area contributed by atoms with Gasteiger partial charge in [0.2, 0.25) is 0 Å². The first-order valence-corrected chi connectivity index (χ1v) is 12.6. The minimum Gasteiger partial charge on any atom is -0.463 e. The van der Waals surface area contributed by atoms with Crippen LogP contribution in [-0.4, -0.2) is 32.3 Å². The van der Waals surface area contributed by atoms with E-state index in [2.05, 4.69) is 33.9 Å². The van der Waals surface area contributed by atoms with Gasteiger partial charge in [-0.05, 0) is 62.9 Å². The third-order valence-corrected chi connectivity index (χ3v) is 9.51. The van der Waals surface area contributed by atoms with Crippen LogP contribution < -0.4 is 0 Å². The van der Waals surface area contributed by atoms with Crippen molar-refractivity contribution >= 4 is 20.1 Å². The van der Waals surface area contributed by atoms with Crippen molar-refractivity contribution < 1.29 is 18.8 Å². The average Bonchev–Trinajstić information content (AvgIpc) is 2.79. The fourth-order valence-corrected chi connectivity index (χ4v) is 3.78. The summed E-state index contributed by atoms with van der Waals surface area (Å²) in [6.45, 7) is 14.8. The molecule has 0 aliphatic heterocycles. The minimum atomic E-state index is -1.86. The van der Waals surface area contributed by atoms with E-state index >= 15 is 0 Å². The second-order valence-electron chi connectivity index (χ2n) is 8.84. The van der Waals surface area contributed by atoms with Gasteiger partial charge < -0.3 is 9.16 Å². The summed E-state index contributed by atoms with van der Waals surface area (Å²) in [5.74, 6) is 0.0477. The van der Waals surface area contributed by atoms with Crippen LogP contribution in [0.3, 0.4) is 0 Å². The number of unbranched alkanes of at least 4 members (excludes halogenated alkanes) is 1. The molecule has 0 heterocycles. The Hall–Kier alpha value is -1.20. The van der Waals surface area contributed by atoms with Crippen LogP contribution in [0.1, 0.15) is 66.7 Å². The number of carbonyl (C=O) groups excluding carboxylic acids is 2. The minimum absolute atomic E-state index is 0.0557. The lowest BCUT2D eigenvalue weighted by atomic mass is 10.1. The van der Waals surface area contributed by atoms with Gasteiger partial charge in [0.05, 0.1) is 12.2 Å². The van der Waals surface area contributed by atoms with Crippen LogP contribution in [0.15, 0.2) is 23.8 Å². The van der Waals surface area contributed by atoms with Crippen LogP contribution in [0.2, 0.25) is 18.1 Å². The van der Waals surface area contributed by atoms with Gasteiger partial charge in [0.1, 0.15) is 0 Å². The summed E-state index contributed by atoms with van der Waals surface area (Å²) in [6, 6.07) is 0. The van der Waals surface area contributed by atoms with Crippen molar-refractivity contribution in [1.82, 2.24) is 0 Å². The molecular weight excluding hydrogens is 344 g/mol. The Morgan fingerprint density at radius 3 is 2.54 bits per heavy atom. The third-order valence-electron chi connectivity index (χ3n) is 5.01. The smallest absolute Gasteiger partial charge is 0.306 e. The quantitative estimate of drug-likeness (QED) is 0.234. The number of esters is 1. The van der Waals surface area contributed by atoms with E-state index in [0.717, 1.165) is 18.4 Å². The first-order chi connectivity index (χ1) is 11.9. The van der Waals surface area contributed by atoms with E-state index in [0.29, 0.717) is 19.3 Å². The molecule has 0 aromatic heterocycles. The molecule has 0 fully saturated rings. The van der Waals surface area contributed by atoms with Crippen molar-refractivity contribution in [1.29, 1.82) is 0 Å². The molecule has 0 radical (unpaired) electrons. The first-order valence-electron chi connectivity index (χ1n) is 9.68. The van der Waals surface area contributed by atoms with E-state index in [1.54, 1.807) is 0 Å². The molecular formula is C21H36O4Si. The first kappa shape index (κ1) is 22.8. The molecule has 0 aromatic rings. The molecule has 5 heteroatoms. The van der Waals surface area contributed by atoms with Crippen LogP contribution in [-0.2, 0) is 18.8 Å². The number of ether oxygens (including phenoxy) is 1. The van der Waals surface area contributed by atoms with Crippen LogP contribution >= 0.6 is 0 Å². The molecule has 0 N–H and O–H groups in total. The van der Waals surface area contributed by atoms with Gasteiger partial charge in [-0.25, -0.2) is 0 Å². The predicted molar refractivity (Wildman–Crippen MR) is 109 cm³/mol. The lowest BCUT2D eigenvalue weighted by Gasteiger charge is -2.37. The molecule has 1 aliphatic carbocycles. The highest BCUT2D eigenvalue weighted by molar-refractivity contribution is 6.74. The largest absolute Gasteiger partial charge is 0.463 e. The number of hydrogen-bond acceptors (Lipinski definition) is 4. The predicted octanol–water partition coefficient (Wildman–Crippen LogP) is 5.34. The molecule has 1 atom stereocenters. The Labute approximate surface area is 160 Å². The van der Waals surface area contributed by atoms with Gasteiger partial charge in [-0.2, -0.15) is 0 Å². The highest BCUT2D eigenvalue weighted by Crippen LogP contribution is 2.38. The van der Waals surface area contributed by atoms with Crippen molar-refractivity contribution in [3.05, 3.63) is 23.8 Å². The molecule has 0 saturated heterocycles. The van der Waals surface area contributed by atoms with Gasteiger partial charge in [-0.15, -0.1) is 0 Å². The Morgan fingerprint density at radius 2 is 1.96 bits per heavy atom. The van der Waals surface area contributed by atoms with E-state index < -0.39 is 8.32 Å². The van der Waals surface area contributed by atoms with Gasteiger partial charge in [0.15, 0.2) is 14.1 Å². The molecule has 0 bridgehead atoms. The van der Waals surface area contributed by atoms with Crippen molar-refractivity contribution in [2.24, 2.45) is 0 Å². The molecule has 1 unspecified atom stereocenters. The maximum absolute atomic E-state index is 12.2. The summed E-state index contributed by atoms with van der Waals surface area (Å²) in [7, 11) is -1.86. The van der Waals surface area contributed by atoms with Crippen molar-refractivity contribution in [2.45, 2.75) is 97.1 Å². The Balaban J connectivity index is 2.40. The van der Waals surface area contributed by atoms with E-state index in [1.165, 1.54) is 0 Å². The third kappa shape index (κ3) is 7.58. The van der Waals surface area contributed by atoms with Gasteiger partial charge in [0, 0.05) is 12.8 Å². The zero-order valence-corrected chi connectivity index (χ0v) is 18.6. The Bertz CT molecular complexity index is 553. The number of Topliss-reactive ketones (excluding diaryl/α,β-unsaturated/α-hetero) is 1. The lowest BCUT2D eigenvalue weighted by Crippen LogP contribution is -2.43. The molecule has 0 aromatic carbocycles. The molecule has 1 rings (SSSR count). The summed E-state index contributed by atoms with van der Waals surface area (Å²) in [5, 5.41) is 0.142. The highest BCUT2D eigenvalue weighted by atomic mass is 28.4. The summed E-state index contributed by atoms with van der Waals surface area (Å²) in [4.78, 5) is 23.7. The second kappa shape index (κ2) is 9.65. The second-order valence-corrected chi connectivity index (χ2v) is 13.6. The van der Waals surface area contributed by atoms with E-state index in [-0.39, 0.29) is 29.0 Å². The van der Waals surface area contributed by atoms with Gasteiger partial charge in [-0.1, -0.05) is 32.9 Å². The molecule has 0 amide bonds. The zero-order valence-electron chi connectivity index (χ0n) is 17.6. The van der Waals surface area contributed by atoms with Crippen LogP contribution in [0.5, 0.6) is 0 Å². The normalized spacial score (nSPS) is 18.7. The molecule has 4 nitrogen and oxygen atoms in total. The van der Waals surface area contributed by atoms with E-state index in [4.69, 9.17) is 9.16 Å². The number of ketones is 1. The van der Waals surface area contributed by atoms with Crippen molar-refractivity contribution in [3.63, 3.8) is 0 Å². The van der Waals surface area contributed by atoms with Gasteiger partial charge in [0.25, 0.3) is 0 Å². The lowest BCUT2D eigenvalue weighted by molar-refractivity contribution is -0.147. The number of carbonyl (C=O) groups is 2. The van der Waals surface area contributed by atoms with Gasteiger partial charge in [-0.3, -0.25) is 9.59 Å². The number of hydrogen-bond donors (Lipinski definition) is 0. The molecule has 1 aliphatic rings. The maximum Gasteiger partial charge on any atom is 0.306 e. The van der Waals surface area contributed by atoms with Crippen molar-refractivity contribution in [3.8, 4) is 0 Å². The van der Waals surface area contributed by atoms with Crippen molar-refractivity contribution in [2.75, 3.05) is 0 Å². The average molecular weight is 381 g/mol. The van der Waals surface area contributed by atoms with Crippen LogP contribution in [0.25, 0.3) is 0 Å². The van der Waals surface area contributed by atoms with Gasteiger partial charge >= 0.3 is 5.97 Å². The standard InChI is InChI=1S/C21H36O4Si/c1-16(2)24-20(23)13-11-9-8-10-12-17-14-18(15-19(17)22)25-26(6,7)21(3,4)5/h8,10,14,16,18H,9,11-13,15H2,1-7H3/b10-8+. The molecule has 148 valence electrons. The van der Waals surface area contributed by atoms with E-state index in [9.17, 15) is 9.59 Å². The molecule has 26 heavy (non-hydrogen) atoms. The Kier molecular flexibility index (Phi) is 8.48. The van der Waals surface area contributed by atoms with E-state index in [1.807, 2.05) is 32.1 Å². The molecule has 0 saturated carbocycles. The van der Waals surface area contributed by atoms with Crippen LogP contribution in [0.4, 0.5) is 0 Å². The summed E-state index contributed by atoms with van der Waals surface area (Å²) in [6.07, 6.45) is 9.08. The van der Waals surface area contributed by atoms with Crippen LogP contribution in [0, 0.1) is 0 Å². The topological polar surface area (TPSA) is 52.6 Å². The monoisotopic (exact) mass is 380 g/mol. The molecule has 0 spiro atoms.